The molecule has 0 aliphatic rings. The zero-order valence-corrected chi connectivity index (χ0v) is 9.79. The number of rotatable bonds is 7. The molecule has 15 heavy (non-hydrogen) atoms. The Bertz CT molecular complexity index is 246. The van der Waals surface area contributed by atoms with Gasteiger partial charge < -0.3 is 10.6 Å². The number of anilines is 1. The number of hydrogen-bond donors (Lipinski definition) is 2. The van der Waals surface area contributed by atoms with Gasteiger partial charge in [0.2, 0.25) is 0 Å². The van der Waals surface area contributed by atoms with Crippen LogP contribution in [-0.2, 0) is 0 Å². The first-order chi connectivity index (χ1) is 7.33. The highest BCUT2D eigenvalue weighted by molar-refractivity contribution is 5.42. The minimum absolute atomic E-state index is 0.640. The zero-order valence-electron chi connectivity index (χ0n) is 9.79. The normalized spacial score (nSPS) is 12.4. The van der Waals surface area contributed by atoms with Gasteiger partial charge in [-0.1, -0.05) is 25.1 Å². The first-order valence-electron chi connectivity index (χ1n) is 5.85. The lowest BCUT2D eigenvalue weighted by atomic mass is 10.2. The van der Waals surface area contributed by atoms with Gasteiger partial charge in [0.1, 0.15) is 0 Å². The topological polar surface area (TPSA) is 24.1 Å². The summed E-state index contributed by atoms with van der Waals surface area (Å²) >= 11 is 0. The lowest BCUT2D eigenvalue weighted by Crippen LogP contribution is -2.27. The molecule has 0 bridgehead atoms. The molecule has 0 saturated heterocycles. The summed E-state index contributed by atoms with van der Waals surface area (Å²) in [6, 6.07) is 11.0. The highest BCUT2D eigenvalue weighted by Crippen LogP contribution is 2.04. The highest BCUT2D eigenvalue weighted by atomic mass is 14.9. The van der Waals surface area contributed by atoms with Gasteiger partial charge in [-0.25, -0.2) is 0 Å². The van der Waals surface area contributed by atoms with Crippen LogP contribution in [-0.4, -0.2) is 19.1 Å². The van der Waals surface area contributed by atoms with Crippen molar-refractivity contribution in [3.05, 3.63) is 30.3 Å². The predicted octanol–water partition coefficient (Wildman–Crippen LogP) is 2.88. The second kappa shape index (κ2) is 7.30. The van der Waals surface area contributed by atoms with E-state index in [1.165, 1.54) is 18.5 Å². The van der Waals surface area contributed by atoms with Gasteiger partial charge in [-0.3, -0.25) is 0 Å². The Kier molecular flexibility index (Phi) is 5.86. The first kappa shape index (κ1) is 12.1. The molecule has 0 spiro atoms. The van der Waals surface area contributed by atoms with E-state index >= 15 is 0 Å². The summed E-state index contributed by atoms with van der Waals surface area (Å²) in [6.45, 7) is 6.56. The Morgan fingerprint density at radius 2 is 1.87 bits per heavy atom. The van der Waals surface area contributed by atoms with E-state index in [1.807, 2.05) is 6.07 Å². The summed E-state index contributed by atoms with van der Waals surface area (Å²) in [5.74, 6) is 0. The van der Waals surface area contributed by atoms with Crippen molar-refractivity contribution in [1.82, 2.24) is 5.32 Å². The number of hydrogen-bond acceptors (Lipinski definition) is 2. The van der Waals surface area contributed by atoms with Gasteiger partial charge in [0, 0.05) is 18.3 Å². The quantitative estimate of drug-likeness (QED) is 0.670. The third-order valence-electron chi connectivity index (χ3n) is 2.56. The number of benzene rings is 1. The molecule has 1 unspecified atom stereocenters. The fourth-order valence-corrected chi connectivity index (χ4v) is 1.37. The molecule has 0 radical (unpaired) electrons. The van der Waals surface area contributed by atoms with Crippen molar-refractivity contribution in [2.75, 3.05) is 18.4 Å². The molecule has 0 aliphatic carbocycles. The molecular weight excluding hydrogens is 184 g/mol. The van der Waals surface area contributed by atoms with E-state index < -0.39 is 0 Å². The zero-order chi connectivity index (χ0) is 10.9. The second-order valence-electron chi connectivity index (χ2n) is 3.91. The van der Waals surface area contributed by atoms with E-state index in [0.29, 0.717) is 6.04 Å². The molecule has 0 amide bonds. The van der Waals surface area contributed by atoms with Crippen molar-refractivity contribution >= 4 is 5.69 Å². The molecule has 1 aromatic carbocycles. The van der Waals surface area contributed by atoms with E-state index in [-0.39, 0.29) is 0 Å². The molecule has 1 aromatic rings. The fourth-order valence-electron chi connectivity index (χ4n) is 1.37. The molecule has 84 valence electrons. The summed E-state index contributed by atoms with van der Waals surface area (Å²) in [4.78, 5) is 0. The molecule has 0 aliphatic heterocycles. The molecule has 0 heterocycles. The van der Waals surface area contributed by atoms with Crippen LogP contribution in [0, 0.1) is 0 Å². The van der Waals surface area contributed by atoms with E-state index in [0.717, 1.165) is 13.1 Å². The molecule has 0 saturated carbocycles. The lowest BCUT2D eigenvalue weighted by molar-refractivity contribution is 0.529. The van der Waals surface area contributed by atoms with Crippen LogP contribution in [0.25, 0.3) is 0 Å². The summed E-state index contributed by atoms with van der Waals surface area (Å²) < 4.78 is 0. The Morgan fingerprint density at radius 3 is 2.53 bits per heavy atom. The van der Waals surface area contributed by atoms with Crippen LogP contribution in [0.3, 0.4) is 0 Å². The maximum atomic E-state index is 3.48. The first-order valence-corrected chi connectivity index (χ1v) is 5.85. The van der Waals surface area contributed by atoms with Gasteiger partial charge in [0.05, 0.1) is 0 Å². The van der Waals surface area contributed by atoms with Gasteiger partial charge in [-0.05, 0) is 38.4 Å². The Morgan fingerprint density at radius 1 is 1.13 bits per heavy atom. The van der Waals surface area contributed by atoms with Gasteiger partial charge in [0.25, 0.3) is 0 Å². The van der Waals surface area contributed by atoms with E-state index in [1.54, 1.807) is 0 Å². The van der Waals surface area contributed by atoms with Gasteiger partial charge >= 0.3 is 0 Å². The average Bonchev–Trinajstić information content (AvgIpc) is 2.29. The summed E-state index contributed by atoms with van der Waals surface area (Å²) in [5.41, 5.74) is 1.21. The summed E-state index contributed by atoms with van der Waals surface area (Å²) in [5, 5.41) is 6.87. The molecule has 1 rings (SSSR count). The smallest absolute Gasteiger partial charge is 0.0340 e. The van der Waals surface area contributed by atoms with E-state index in [2.05, 4.69) is 48.7 Å². The van der Waals surface area contributed by atoms with Crippen molar-refractivity contribution in [2.45, 2.75) is 32.7 Å². The van der Waals surface area contributed by atoms with Crippen LogP contribution in [0.4, 0.5) is 5.69 Å². The van der Waals surface area contributed by atoms with Crippen LogP contribution in [0.15, 0.2) is 30.3 Å². The van der Waals surface area contributed by atoms with Crippen molar-refractivity contribution in [3.63, 3.8) is 0 Å². The third-order valence-corrected chi connectivity index (χ3v) is 2.56. The molecule has 1 atom stereocenters. The maximum Gasteiger partial charge on any atom is 0.0340 e. The highest BCUT2D eigenvalue weighted by Gasteiger charge is 1.95. The van der Waals surface area contributed by atoms with Crippen LogP contribution >= 0.6 is 0 Å². The molecule has 2 N–H and O–H groups in total. The Hall–Kier alpha value is -1.02. The largest absolute Gasteiger partial charge is 0.385 e. The Labute approximate surface area is 93.1 Å². The average molecular weight is 206 g/mol. The molecule has 0 fully saturated rings. The minimum atomic E-state index is 0.640. The van der Waals surface area contributed by atoms with Gasteiger partial charge in [-0.15, -0.1) is 0 Å². The van der Waals surface area contributed by atoms with Gasteiger partial charge in [0.15, 0.2) is 0 Å². The predicted molar refractivity (Wildman–Crippen MR) is 67.3 cm³/mol. The molecule has 2 heteroatoms. The van der Waals surface area contributed by atoms with Crippen molar-refractivity contribution < 1.29 is 0 Å². The number of para-hydroxylation sites is 1. The Balaban J connectivity index is 2.03. The van der Waals surface area contributed by atoms with Crippen LogP contribution in [0.1, 0.15) is 26.7 Å². The lowest BCUT2D eigenvalue weighted by Gasteiger charge is -2.11. The summed E-state index contributed by atoms with van der Waals surface area (Å²) in [7, 11) is 0. The SMILES string of the molecule is CCC(C)NCCCNc1ccccc1. The van der Waals surface area contributed by atoms with Crippen molar-refractivity contribution in [2.24, 2.45) is 0 Å². The molecule has 2 nitrogen and oxygen atoms in total. The standard InChI is InChI=1S/C13H22N2/c1-3-12(2)14-10-7-11-15-13-8-5-4-6-9-13/h4-6,8-9,12,14-15H,3,7,10-11H2,1-2H3. The summed E-state index contributed by atoms with van der Waals surface area (Å²) in [6.07, 6.45) is 2.37. The van der Waals surface area contributed by atoms with E-state index in [9.17, 15) is 0 Å². The van der Waals surface area contributed by atoms with Crippen LogP contribution < -0.4 is 10.6 Å². The van der Waals surface area contributed by atoms with Gasteiger partial charge in [-0.2, -0.15) is 0 Å². The van der Waals surface area contributed by atoms with Crippen LogP contribution in [0.2, 0.25) is 0 Å². The third kappa shape index (κ3) is 5.43. The maximum absolute atomic E-state index is 3.48. The molecule has 0 aromatic heterocycles. The fraction of sp³-hybridized carbons (Fsp3) is 0.538. The minimum Gasteiger partial charge on any atom is -0.385 e. The van der Waals surface area contributed by atoms with Crippen molar-refractivity contribution in [3.8, 4) is 0 Å². The monoisotopic (exact) mass is 206 g/mol. The van der Waals surface area contributed by atoms with E-state index in [4.69, 9.17) is 0 Å². The van der Waals surface area contributed by atoms with Crippen LogP contribution in [0.5, 0.6) is 0 Å². The van der Waals surface area contributed by atoms with Crippen molar-refractivity contribution in [1.29, 1.82) is 0 Å². The molecular formula is C13H22N2. The second-order valence-corrected chi connectivity index (χ2v) is 3.91. The number of nitrogens with one attached hydrogen (secondary N) is 2.